The van der Waals surface area contributed by atoms with Crippen molar-refractivity contribution in [1.82, 2.24) is 4.90 Å². The Morgan fingerprint density at radius 1 is 1.60 bits per heavy atom. The van der Waals surface area contributed by atoms with Crippen LogP contribution < -0.4 is 11.5 Å². The summed E-state index contributed by atoms with van der Waals surface area (Å²) in [6.07, 6.45) is 0.553. The summed E-state index contributed by atoms with van der Waals surface area (Å²) < 4.78 is 0. The predicted octanol–water partition coefficient (Wildman–Crippen LogP) is -1.25. The number of likely N-dealkylation sites (N-methyl/N-ethyl adjacent to an activating group) is 1. The third kappa shape index (κ3) is 2.80. The normalized spacial score (nSPS) is 12.8. The minimum Gasteiger partial charge on any atom is -0.347 e. The fourth-order valence-corrected chi connectivity index (χ4v) is 0.635. The Bertz CT molecular complexity index is 114. The van der Waals surface area contributed by atoms with Gasteiger partial charge in [0.2, 0.25) is 5.91 Å². The van der Waals surface area contributed by atoms with Crippen LogP contribution in [-0.4, -0.2) is 37.5 Å². The number of hydrogen-bond donors (Lipinski definition) is 2. The Balaban J connectivity index is 3.71. The number of hydrogen-bond acceptors (Lipinski definition) is 3. The summed E-state index contributed by atoms with van der Waals surface area (Å²) >= 11 is 0. The van der Waals surface area contributed by atoms with Crippen molar-refractivity contribution in [2.45, 2.75) is 12.5 Å². The molecular weight excluding hydrogens is 130 g/mol. The Morgan fingerprint density at radius 3 is 2.40 bits per heavy atom. The molecule has 4 heteroatoms. The monoisotopic (exact) mass is 145 g/mol. The standard InChI is InChI=1S/C6H15N3O/c1-9(2)6(10)5(8)3-4-7/h5H,3-4,7-8H2,1-2H3. The van der Waals surface area contributed by atoms with Crippen molar-refractivity contribution in [2.75, 3.05) is 20.6 Å². The maximum Gasteiger partial charge on any atom is 0.239 e. The number of nitrogens with zero attached hydrogens (tertiary/aromatic N) is 1. The van der Waals surface area contributed by atoms with E-state index in [1.54, 1.807) is 14.1 Å². The lowest BCUT2D eigenvalue weighted by atomic mass is 10.2. The molecule has 10 heavy (non-hydrogen) atoms. The number of carbonyl (C=O) groups excluding carboxylic acids is 1. The van der Waals surface area contributed by atoms with E-state index in [1.165, 1.54) is 4.90 Å². The first kappa shape index (κ1) is 9.39. The van der Waals surface area contributed by atoms with Gasteiger partial charge in [-0.25, -0.2) is 0 Å². The maximum absolute atomic E-state index is 11.0. The second-order valence-electron chi connectivity index (χ2n) is 2.42. The molecule has 0 radical (unpaired) electrons. The van der Waals surface area contributed by atoms with Crippen molar-refractivity contribution in [3.63, 3.8) is 0 Å². The van der Waals surface area contributed by atoms with E-state index in [9.17, 15) is 4.79 Å². The lowest BCUT2D eigenvalue weighted by molar-refractivity contribution is -0.130. The van der Waals surface area contributed by atoms with Crippen LogP contribution in [0.2, 0.25) is 0 Å². The van der Waals surface area contributed by atoms with Crippen LogP contribution in [0.5, 0.6) is 0 Å². The number of carbonyl (C=O) groups is 1. The molecule has 0 rings (SSSR count). The summed E-state index contributed by atoms with van der Waals surface area (Å²) in [5, 5.41) is 0. The molecule has 0 bridgehead atoms. The van der Waals surface area contributed by atoms with Gasteiger partial charge in [-0.1, -0.05) is 0 Å². The van der Waals surface area contributed by atoms with E-state index in [-0.39, 0.29) is 5.91 Å². The van der Waals surface area contributed by atoms with Gasteiger partial charge in [-0.3, -0.25) is 4.79 Å². The third-order valence-corrected chi connectivity index (χ3v) is 1.24. The summed E-state index contributed by atoms with van der Waals surface area (Å²) in [5.41, 5.74) is 10.7. The Morgan fingerprint density at radius 2 is 2.10 bits per heavy atom. The summed E-state index contributed by atoms with van der Waals surface area (Å²) in [5.74, 6) is -0.0644. The van der Waals surface area contributed by atoms with Gasteiger partial charge in [-0.2, -0.15) is 0 Å². The Labute approximate surface area is 61.2 Å². The van der Waals surface area contributed by atoms with Gasteiger partial charge in [0.1, 0.15) is 0 Å². The molecule has 4 nitrogen and oxygen atoms in total. The molecule has 0 aromatic heterocycles. The van der Waals surface area contributed by atoms with E-state index in [2.05, 4.69) is 0 Å². The van der Waals surface area contributed by atoms with Crippen molar-refractivity contribution < 1.29 is 4.79 Å². The molecule has 0 saturated carbocycles. The first-order valence-corrected chi connectivity index (χ1v) is 3.26. The van der Waals surface area contributed by atoms with Gasteiger partial charge in [0.25, 0.3) is 0 Å². The highest BCUT2D eigenvalue weighted by atomic mass is 16.2. The van der Waals surface area contributed by atoms with Crippen LogP contribution in [0.3, 0.4) is 0 Å². The molecule has 1 atom stereocenters. The molecule has 0 saturated heterocycles. The van der Waals surface area contributed by atoms with Crippen molar-refractivity contribution in [3.05, 3.63) is 0 Å². The van der Waals surface area contributed by atoms with Gasteiger partial charge in [-0.15, -0.1) is 0 Å². The predicted molar refractivity (Wildman–Crippen MR) is 40.3 cm³/mol. The number of rotatable bonds is 3. The van der Waals surface area contributed by atoms with Crippen molar-refractivity contribution >= 4 is 5.91 Å². The average Bonchev–Trinajstić information content (AvgIpc) is 1.87. The van der Waals surface area contributed by atoms with Gasteiger partial charge in [0, 0.05) is 14.1 Å². The van der Waals surface area contributed by atoms with Crippen molar-refractivity contribution in [1.29, 1.82) is 0 Å². The molecule has 1 unspecified atom stereocenters. The molecule has 0 spiro atoms. The van der Waals surface area contributed by atoms with E-state index >= 15 is 0 Å². The number of amides is 1. The molecule has 0 aliphatic heterocycles. The van der Waals surface area contributed by atoms with E-state index in [0.29, 0.717) is 13.0 Å². The topological polar surface area (TPSA) is 72.3 Å². The molecule has 4 N–H and O–H groups in total. The van der Waals surface area contributed by atoms with Gasteiger partial charge in [0.05, 0.1) is 6.04 Å². The molecule has 0 aliphatic carbocycles. The third-order valence-electron chi connectivity index (χ3n) is 1.24. The van der Waals surface area contributed by atoms with E-state index in [1.807, 2.05) is 0 Å². The zero-order valence-electron chi connectivity index (χ0n) is 6.50. The summed E-state index contributed by atoms with van der Waals surface area (Å²) in [6.45, 7) is 0.459. The van der Waals surface area contributed by atoms with E-state index in [0.717, 1.165) is 0 Å². The molecule has 60 valence electrons. The highest BCUT2D eigenvalue weighted by Gasteiger charge is 2.13. The van der Waals surface area contributed by atoms with Crippen molar-refractivity contribution in [2.24, 2.45) is 11.5 Å². The first-order chi connectivity index (χ1) is 4.59. The maximum atomic E-state index is 11.0. The highest BCUT2D eigenvalue weighted by molar-refractivity contribution is 5.81. The summed E-state index contributed by atoms with van der Waals surface area (Å²) in [4.78, 5) is 12.5. The van der Waals surface area contributed by atoms with Gasteiger partial charge >= 0.3 is 0 Å². The van der Waals surface area contributed by atoms with Crippen LogP contribution >= 0.6 is 0 Å². The Hall–Kier alpha value is -0.610. The summed E-state index contributed by atoms with van der Waals surface area (Å²) in [6, 6.07) is -0.431. The molecule has 0 aromatic rings. The number of nitrogens with two attached hydrogens (primary N) is 2. The van der Waals surface area contributed by atoms with Gasteiger partial charge < -0.3 is 16.4 Å². The summed E-state index contributed by atoms with van der Waals surface area (Å²) in [7, 11) is 3.36. The van der Waals surface area contributed by atoms with Crippen LogP contribution in [0, 0.1) is 0 Å². The molecule has 0 heterocycles. The van der Waals surface area contributed by atoms with Gasteiger partial charge in [-0.05, 0) is 13.0 Å². The molecule has 1 amide bonds. The quantitative estimate of drug-likeness (QED) is 0.521. The Kier molecular flexibility index (Phi) is 3.99. The largest absolute Gasteiger partial charge is 0.347 e. The second-order valence-corrected chi connectivity index (χ2v) is 2.42. The van der Waals surface area contributed by atoms with Crippen molar-refractivity contribution in [3.8, 4) is 0 Å². The van der Waals surface area contributed by atoms with Crippen LogP contribution in [0.25, 0.3) is 0 Å². The zero-order valence-corrected chi connectivity index (χ0v) is 6.50. The lowest BCUT2D eigenvalue weighted by Gasteiger charge is -2.15. The van der Waals surface area contributed by atoms with E-state index in [4.69, 9.17) is 11.5 Å². The van der Waals surface area contributed by atoms with Crippen LogP contribution in [-0.2, 0) is 4.79 Å². The lowest BCUT2D eigenvalue weighted by Crippen LogP contribution is -2.40. The zero-order chi connectivity index (χ0) is 8.15. The van der Waals surface area contributed by atoms with Gasteiger partial charge in [0.15, 0.2) is 0 Å². The fourth-order valence-electron chi connectivity index (χ4n) is 0.635. The molecule has 0 aromatic carbocycles. The molecule has 0 aliphatic rings. The second kappa shape index (κ2) is 4.24. The minimum atomic E-state index is -0.431. The van der Waals surface area contributed by atoms with Crippen LogP contribution in [0.15, 0.2) is 0 Å². The molecular formula is C6H15N3O. The van der Waals surface area contributed by atoms with Crippen LogP contribution in [0.4, 0.5) is 0 Å². The first-order valence-electron chi connectivity index (χ1n) is 3.26. The van der Waals surface area contributed by atoms with Crippen LogP contribution in [0.1, 0.15) is 6.42 Å². The SMILES string of the molecule is CN(C)C(=O)C(N)CCN. The minimum absolute atomic E-state index is 0.0644. The van der Waals surface area contributed by atoms with E-state index < -0.39 is 6.04 Å². The molecule has 0 fully saturated rings. The highest BCUT2D eigenvalue weighted by Crippen LogP contribution is 1.89. The fraction of sp³-hybridized carbons (Fsp3) is 0.833. The average molecular weight is 145 g/mol. The smallest absolute Gasteiger partial charge is 0.239 e.